The first-order chi connectivity index (χ1) is 13.4. The summed E-state index contributed by atoms with van der Waals surface area (Å²) >= 11 is 1.66. The Morgan fingerprint density at radius 1 is 1.18 bits per heavy atom. The van der Waals surface area contributed by atoms with Crippen molar-refractivity contribution in [1.29, 1.82) is 0 Å². The molecule has 1 aliphatic carbocycles. The van der Waals surface area contributed by atoms with Gasteiger partial charge in [0.2, 0.25) is 10.0 Å². The first-order valence-corrected chi connectivity index (χ1v) is 11.8. The van der Waals surface area contributed by atoms with E-state index in [4.69, 9.17) is 0 Å². The van der Waals surface area contributed by atoms with E-state index in [0.717, 1.165) is 30.9 Å². The van der Waals surface area contributed by atoms with Crippen molar-refractivity contribution in [3.05, 3.63) is 51.5 Å². The van der Waals surface area contributed by atoms with Crippen LogP contribution in [0.5, 0.6) is 0 Å². The van der Waals surface area contributed by atoms with Gasteiger partial charge in [-0.1, -0.05) is 19.1 Å². The third-order valence-electron chi connectivity index (χ3n) is 5.61. The van der Waals surface area contributed by atoms with E-state index in [2.05, 4.69) is 6.92 Å². The molecule has 150 valence electrons. The summed E-state index contributed by atoms with van der Waals surface area (Å²) in [5, 5.41) is 1.95. The fourth-order valence-electron chi connectivity index (χ4n) is 3.95. The molecule has 1 atom stereocenters. The Hall–Kier alpha value is -1.77. The molecule has 0 unspecified atom stereocenters. The van der Waals surface area contributed by atoms with Crippen molar-refractivity contribution in [2.75, 3.05) is 26.2 Å². The lowest BCUT2D eigenvalue weighted by atomic mass is 9.88. The topological polar surface area (TPSA) is 57.7 Å². The number of nitrogens with zero attached hydrogens (tertiary/aromatic N) is 2. The van der Waals surface area contributed by atoms with Gasteiger partial charge in [0.25, 0.3) is 5.91 Å². The van der Waals surface area contributed by atoms with Crippen LogP contribution in [-0.4, -0.2) is 49.7 Å². The van der Waals surface area contributed by atoms with Gasteiger partial charge in [-0.15, -0.1) is 11.3 Å². The summed E-state index contributed by atoms with van der Waals surface area (Å²) in [7, 11) is -3.89. The average molecular weight is 423 g/mol. The summed E-state index contributed by atoms with van der Waals surface area (Å²) in [4.78, 5) is 15.7. The number of sulfonamides is 1. The molecule has 1 amide bonds. The molecule has 1 aromatic heterocycles. The van der Waals surface area contributed by atoms with E-state index in [1.165, 1.54) is 32.9 Å². The Balaban J connectivity index is 1.46. The quantitative estimate of drug-likeness (QED) is 0.764. The lowest BCUT2D eigenvalue weighted by Crippen LogP contribution is -2.50. The summed E-state index contributed by atoms with van der Waals surface area (Å²) in [6.45, 7) is 3.21. The Bertz CT molecular complexity index is 995. The highest BCUT2D eigenvalue weighted by Gasteiger charge is 2.33. The van der Waals surface area contributed by atoms with Crippen molar-refractivity contribution >= 4 is 27.3 Å². The largest absolute Gasteiger partial charge is 0.336 e. The number of amides is 1. The average Bonchev–Trinajstić information content (AvgIpc) is 3.10. The maximum absolute atomic E-state index is 13.9. The molecule has 2 heterocycles. The number of carbonyl (C=O) groups excluding carboxylic acids is 1. The molecule has 2 aromatic rings. The lowest BCUT2D eigenvalue weighted by Gasteiger charge is -2.34. The minimum absolute atomic E-state index is 0.0185. The van der Waals surface area contributed by atoms with Crippen LogP contribution in [0, 0.1) is 11.7 Å². The minimum atomic E-state index is -3.89. The first-order valence-electron chi connectivity index (χ1n) is 9.51. The van der Waals surface area contributed by atoms with Crippen LogP contribution in [-0.2, 0) is 22.9 Å². The number of hydrogen-bond acceptors (Lipinski definition) is 4. The number of rotatable bonds is 3. The monoisotopic (exact) mass is 422 g/mol. The molecule has 0 saturated carbocycles. The Morgan fingerprint density at radius 3 is 2.61 bits per heavy atom. The Kier molecular flexibility index (Phi) is 5.28. The van der Waals surface area contributed by atoms with Crippen molar-refractivity contribution in [3.63, 3.8) is 0 Å². The maximum Gasteiger partial charge on any atom is 0.255 e. The molecule has 0 bridgehead atoms. The van der Waals surface area contributed by atoms with Gasteiger partial charge in [0.15, 0.2) is 0 Å². The summed E-state index contributed by atoms with van der Waals surface area (Å²) in [5.41, 5.74) is 1.95. The number of thiophene rings is 1. The first kappa shape index (κ1) is 19.5. The molecular formula is C20H23FN2O3S2. The SMILES string of the molecule is C[C@H]1CCc2c(C(=O)N3CCN(S(=O)(=O)c4ccccc4F)CC3)csc2C1. The van der Waals surface area contributed by atoms with E-state index in [-0.39, 0.29) is 23.9 Å². The molecule has 5 nitrogen and oxygen atoms in total. The number of halogens is 1. The highest BCUT2D eigenvalue weighted by molar-refractivity contribution is 7.89. The second-order valence-corrected chi connectivity index (χ2v) is 10.4. The normalized spacial score (nSPS) is 20.8. The van der Waals surface area contributed by atoms with Gasteiger partial charge in [-0.3, -0.25) is 4.79 Å². The van der Waals surface area contributed by atoms with Gasteiger partial charge in [0.05, 0.1) is 5.56 Å². The van der Waals surface area contributed by atoms with Gasteiger partial charge in [-0.25, -0.2) is 12.8 Å². The third kappa shape index (κ3) is 3.49. The van der Waals surface area contributed by atoms with E-state index in [1.807, 2.05) is 5.38 Å². The van der Waals surface area contributed by atoms with Crippen LogP contribution in [0.25, 0.3) is 0 Å². The van der Waals surface area contributed by atoms with Crippen LogP contribution in [0.2, 0.25) is 0 Å². The summed E-state index contributed by atoms with van der Waals surface area (Å²) < 4.78 is 40.7. The van der Waals surface area contributed by atoms with Crippen LogP contribution in [0.4, 0.5) is 4.39 Å². The molecule has 0 spiro atoms. The van der Waals surface area contributed by atoms with Gasteiger partial charge < -0.3 is 4.90 Å². The molecule has 0 radical (unpaired) electrons. The van der Waals surface area contributed by atoms with E-state index in [1.54, 1.807) is 16.2 Å². The number of benzene rings is 1. The second-order valence-electron chi connectivity index (χ2n) is 7.53. The Labute approximate surface area is 168 Å². The van der Waals surface area contributed by atoms with Crippen molar-refractivity contribution in [1.82, 2.24) is 9.21 Å². The molecule has 28 heavy (non-hydrogen) atoms. The molecule has 1 fully saturated rings. The molecule has 0 N–H and O–H groups in total. The van der Waals surface area contributed by atoms with Crippen LogP contribution in [0.3, 0.4) is 0 Å². The van der Waals surface area contributed by atoms with E-state index in [0.29, 0.717) is 19.0 Å². The van der Waals surface area contributed by atoms with Crippen molar-refractivity contribution in [2.45, 2.75) is 31.1 Å². The third-order valence-corrected chi connectivity index (χ3v) is 8.60. The summed E-state index contributed by atoms with van der Waals surface area (Å²) in [5.74, 6) is -0.114. The molecule has 4 rings (SSSR count). The second kappa shape index (κ2) is 7.57. The van der Waals surface area contributed by atoms with Crippen molar-refractivity contribution in [2.24, 2.45) is 5.92 Å². The summed E-state index contributed by atoms with van der Waals surface area (Å²) in [6, 6.07) is 5.40. The standard InChI is InChI=1S/C20H23FN2O3S2/c1-14-6-7-15-16(13-27-18(15)12-14)20(24)22-8-10-23(11-9-22)28(25,26)19-5-3-2-4-17(19)21/h2-5,13-14H,6-12H2,1H3/t14-/m0/s1. The minimum Gasteiger partial charge on any atom is -0.336 e. The van der Waals surface area contributed by atoms with E-state index >= 15 is 0 Å². The number of carbonyl (C=O) groups is 1. The molecule has 1 aromatic carbocycles. The molecule has 1 saturated heterocycles. The zero-order valence-corrected chi connectivity index (χ0v) is 17.4. The zero-order valence-electron chi connectivity index (χ0n) is 15.7. The predicted octanol–water partition coefficient (Wildman–Crippen LogP) is 3.16. The number of hydrogen-bond donors (Lipinski definition) is 0. The maximum atomic E-state index is 13.9. The van der Waals surface area contributed by atoms with Crippen LogP contribution >= 0.6 is 11.3 Å². The number of piperazine rings is 1. The van der Waals surface area contributed by atoms with Crippen LogP contribution in [0.15, 0.2) is 34.5 Å². The van der Waals surface area contributed by atoms with Gasteiger partial charge in [0, 0.05) is 36.4 Å². The predicted molar refractivity (Wildman–Crippen MR) is 107 cm³/mol. The fourth-order valence-corrected chi connectivity index (χ4v) is 6.68. The zero-order chi connectivity index (χ0) is 19.9. The molecule has 1 aliphatic heterocycles. The van der Waals surface area contributed by atoms with Gasteiger partial charge in [0.1, 0.15) is 10.7 Å². The fraction of sp³-hybridized carbons (Fsp3) is 0.450. The molecule has 8 heteroatoms. The highest BCUT2D eigenvalue weighted by Crippen LogP contribution is 2.33. The van der Waals surface area contributed by atoms with Crippen molar-refractivity contribution < 1.29 is 17.6 Å². The van der Waals surface area contributed by atoms with Crippen molar-refractivity contribution in [3.8, 4) is 0 Å². The molecule has 2 aliphatic rings. The van der Waals surface area contributed by atoms with E-state index < -0.39 is 15.8 Å². The van der Waals surface area contributed by atoms with Gasteiger partial charge >= 0.3 is 0 Å². The highest BCUT2D eigenvalue weighted by atomic mass is 32.2. The van der Waals surface area contributed by atoms with Gasteiger partial charge in [-0.05, 0) is 42.9 Å². The summed E-state index contributed by atoms with van der Waals surface area (Å²) in [6.07, 6.45) is 3.06. The smallest absolute Gasteiger partial charge is 0.255 e. The lowest BCUT2D eigenvalue weighted by molar-refractivity contribution is 0.0697. The number of fused-ring (bicyclic) bond motifs is 1. The van der Waals surface area contributed by atoms with Crippen LogP contribution < -0.4 is 0 Å². The van der Waals surface area contributed by atoms with Crippen LogP contribution in [0.1, 0.15) is 34.1 Å². The Morgan fingerprint density at radius 2 is 1.89 bits per heavy atom. The van der Waals surface area contributed by atoms with E-state index in [9.17, 15) is 17.6 Å². The molecular weight excluding hydrogens is 399 g/mol. The van der Waals surface area contributed by atoms with Gasteiger partial charge in [-0.2, -0.15) is 4.31 Å².